The Morgan fingerprint density at radius 2 is 2.04 bits per heavy atom. The molecule has 3 atom stereocenters. The smallest absolute Gasteiger partial charge is 0.239 e. The van der Waals surface area contributed by atoms with E-state index in [0.29, 0.717) is 11.8 Å². The van der Waals surface area contributed by atoms with E-state index in [1.54, 1.807) is 0 Å². The van der Waals surface area contributed by atoms with Crippen LogP contribution in [0.2, 0.25) is 0 Å². The van der Waals surface area contributed by atoms with Gasteiger partial charge in [0.2, 0.25) is 11.8 Å². The molecule has 27 heavy (non-hydrogen) atoms. The summed E-state index contributed by atoms with van der Waals surface area (Å²) in [6.07, 6.45) is 6.59. The van der Waals surface area contributed by atoms with Crippen molar-refractivity contribution in [3.8, 4) is 0 Å². The second-order valence-corrected chi connectivity index (χ2v) is 8.29. The van der Waals surface area contributed by atoms with Gasteiger partial charge in [0.15, 0.2) is 0 Å². The number of hydrogen-bond donors (Lipinski definition) is 1. The van der Waals surface area contributed by atoms with Crippen LogP contribution in [0.1, 0.15) is 50.2 Å². The number of nitrogens with one attached hydrogen (secondary N) is 1. The molecule has 0 spiro atoms. The lowest BCUT2D eigenvalue weighted by molar-refractivity contribution is -0.138. The highest BCUT2D eigenvalue weighted by Gasteiger charge is 2.41. The first-order valence-electron chi connectivity index (χ1n) is 10.0. The number of halogens is 1. The van der Waals surface area contributed by atoms with Gasteiger partial charge in [-0.3, -0.25) is 9.59 Å². The minimum absolute atomic E-state index is 0.0226. The number of carbonyl (C=O) groups is 2. The zero-order chi connectivity index (χ0) is 18.8. The number of ether oxygens (including phenoxy) is 1. The van der Waals surface area contributed by atoms with E-state index in [0.717, 1.165) is 50.0 Å². The van der Waals surface area contributed by atoms with Gasteiger partial charge in [0, 0.05) is 30.6 Å². The van der Waals surface area contributed by atoms with Crippen molar-refractivity contribution in [3.63, 3.8) is 0 Å². The van der Waals surface area contributed by atoms with Crippen LogP contribution in [0.15, 0.2) is 24.3 Å². The number of rotatable bonds is 4. The second kappa shape index (κ2) is 8.19. The number of fused-ring (bicyclic) bond motifs is 1. The summed E-state index contributed by atoms with van der Waals surface area (Å²) in [5.41, 5.74) is 1.82. The molecular formula is C21H27ClN2O3. The normalized spacial score (nSPS) is 28.2. The van der Waals surface area contributed by atoms with Crippen molar-refractivity contribution in [2.45, 2.75) is 50.7 Å². The molecule has 2 heterocycles. The number of alkyl halides is 1. The molecule has 5 nitrogen and oxygen atoms in total. The Morgan fingerprint density at radius 1 is 1.22 bits per heavy atom. The SMILES string of the molecule is O=C(CCl)Nc1cccc([C@@H]2C[C@H]3CN(C(=O)C4CCCC4)CC[C@@H]3O2)c1. The zero-order valence-corrected chi connectivity index (χ0v) is 16.3. The number of nitrogens with zero attached hydrogens (tertiary/aromatic N) is 1. The molecule has 4 rings (SSSR count). The lowest BCUT2D eigenvalue weighted by Crippen LogP contribution is -2.46. The fourth-order valence-electron chi connectivity index (χ4n) is 4.81. The first-order chi connectivity index (χ1) is 13.1. The van der Waals surface area contributed by atoms with Crippen LogP contribution in [-0.2, 0) is 14.3 Å². The van der Waals surface area contributed by atoms with E-state index in [9.17, 15) is 9.59 Å². The van der Waals surface area contributed by atoms with Crippen molar-refractivity contribution in [2.24, 2.45) is 11.8 Å². The van der Waals surface area contributed by atoms with Crippen molar-refractivity contribution >= 4 is 29.1 Å². The summed E-state index contributed by atoms with van der Waals surface area (Å²) >= 11 is 5.57. The zero-order valence-electron chi connectivity index (χ0n) is 15.5. The third-order valence-electron chi connectivity index (χ3n) is 6.20. The van der Waals surface area contributed by atoms with Crippen LogP contribution in [0.4, 0.5) is 5.69 Å². The summed E-state index contributed by atoms with van der Waals surface area (Å²) < 4.78 is 6.31. The van der Waals surface area contributed by atoms with E-state index >= 15 is 0 Å². The maximum Gasteiger partial charge on any atom is 0.239 e. The molecule has 0 unspecified atom stereocenters. The number of piperidine rings is 1. The monoisotopic (exact) mass is 390 g/mol. The summed E-state index contributed by atoms with van der Waals surface area (Å²) in [7, 11) is 0. The average Bonchev–Trinajstić information content (AvgIpc) is 3.36. The highest BCUT2D eigenvalue weighted by molar-refractivity contribution is 6.29. The third kappa shape index (κ3) is 4.14. The quantitative estimate of drug-likeness (QED) is 0.797. The summed E-state index contributed by atoms with van der Waals surface area (Å²) in [5, 5.41) is 2.79. The molecule has 3 aliphatic rings. The predicted octanol–water partition coefficient (Wildman–Crippen LogP) is 3.73. The maximum atomic E-state index is 12.8. The molecule has 2 aliphatic heterocycles. The fourth-order valence-corrected chi connectivity index (χ4v) is 4.88. The summed E-state index contributed by atoms with van der Waals surface area (Å²) in [4.78, 5) is 26.3. The van der Waals surface area contributed by atoms with E-state index in [2.05, 4.69) is 10.2 Å². The van der Waals surface area contributed by atoms with Crippen LogP contribution in [-0.4, -0.2) is 41.8 Å². The Bertz CT molecular complexity index is 704. The number of amides is 2. The Morgan fingerprint density at radius 3 is 2.81 bits per heavy atom. The van der Waals surface area contributed by atoms with Gasteiger partial charge in [0.25, 0.3) is 0 Å². The highest BCUT2D eigenvalue weighted by atomic mass is 35.5. The van der Waals surface area contributed by atoms with E-state index in [1.807, 2.05) is 24.3 Å². The Labute approximate surface area is 165 Å². The minimum Gasteiger partial charge on any atom is -0.370 e. The number of hydrogen-bond acceptors (Lipinski definition) is 3. The lowest BCUT2D eigenvalue weighted by atomic mass is 9.90. The molecule has 2 saturated heterocycles. The molecule has 0 bridgehead atoms. The van der Waals surface area contributed by atoms with Crippen LogP contribution in [0.25, 0.3) is 0 Å². The molecule has 1 aromatic rings. The molecule has 6 heteroatoms. The second-order valence-electron chi connectivity index (χ2n) is 8.02. The van der Waals surface area contributed by atoms with Crippen molar-refractivity contribution in [3.05, 3.63) is 29.8 Å². The van der Waals surface area contributed by atoms with Gasteiger partial charge in [-0.05, 0) is 43.4 Å². The molecular weight excluding hydrogens is 364 g/mol. The molecule has 3 fully saturated rings. The third-order valence-corrected chi connectivity index (χ3v) is 6.44. The molecule has 0 aromatic heterocycles. The van der Waals surface area contributed by atoms with Gasteiger partial charge in [-0.1, -0.05) is 25.0 Å². The fraction of sp³-hybridized carbons (Fsp3) is 0.619. The molecule has 146 valence electrons. The van der Waals surface area contributed by atoms with Gasteiger partial charge in [-0.25, -0.2) is 0 Å². The van der Waals surface area contributed by atoms with Crippen molar-refractivity contribution in [2.75, 3.05) is 24.3 Å². The van der Waals surface area contributed by atoms with Gasteiger partial charge in [0.1, 0.15) is 5.88 Å². The van der Waals surface area contributed by atoms with Crippen LogP contribution in [0, 0.1) is 11.8 Å². The number of anilines is 1. The van der Waals surface area contributed by atoms with Gasteiger partial charge in [-0.2, -0.15) is 0 Å². The van der Waals surface area contributed by atoms with Crippen molar-refractivity contribution in [1.29, 1.82) is 0 Å². The van der Waals surface area contributed by atoms with E-state index < -0.39 is 0 Å². The average molecular weight is 391 g/mol. The lowest BCUT2D eigenvalue weighted by Gasteiger charge is -2.35. The molecule has 1 N–H and O–H groups in total. The van der Waals surface area contributed by atoms with Gasteiger partial charge in [-0.15, -0.1) is 11.6 Å². The summed E-state index contributed by atoms with van der Waals surface area (Å²) in [5.74, 6) is 0.743. The maximum absolute atomic E-state index is 12.8. The number of likely N-dealkylation sites (tertiary alicyclic amines) is 1. The van der Waals surface area contributed by atoms with Crippen molar-refractivity contribution < 1.29 is 14.3 Å². The van der Waals surface area contributed by atoms with E-state index in [1.165, 1.54) is 12.8 Å². The molecule has 2 amide bonds. The first-order valence-corrected chi connectivity index (χ1v) is 10.6. The summed E-state index contributed by atoms with van der Waals surface area (Å²) in [6, 6.07) is 7.80. The number of benzene rings is 1. The van der Waals surface area contributed by atoms with E-state index in [-0.39, 0.29) is 29.9 Å². The Balaban J connectivity index is 1.39. The van der Waals surface area contributed by atoms with Gasteiger partial charge in [0.05, 0.1) is 12.2 Å². The Hall–Kier alpha value is -1.59. The topological polar surface area (TPSA) is 58.6 Å². The summed E-state index contributed by atoms with van der Waals surface area (Å²) in [6.45, 7) is 1.63. The highest BCUT2D eigenvalue weighted by Crippen LogP contribution is 2.41. The molecule has 1 saturated carbocycles. The van der Waals surface area contributed by atoms with Gasteiger partial charge >= 0.3 is 0 Å². The molecule has 1 aromatic carbocycles. The first kappa shape index (κ1) is 18.8. The van der Waals surface area contributed by atoms with E-state index in [4.69, 9.17) is 16.3 Å². The van der Waals surface area contributed by atoms with Crippen LogP contribution >= 0.6 is 11.6 Å². The van der Waals surface area contributed by atoms with Crippen LogP contribution < -0.4 is 5.32 Å². The minimum atomic E-state index is -0.212. The Kier molecular flexibility index (Phi) is 5.69. The number of carbonyl (C=O) groups excluding carboxylic acids is 2. The van der Waals surface area contributed by atoms with Gasteiger partial charge < -0.3 is 15.0 Å². The van der Waals surface area contributed by atoms with Crippen molar-refractivity contribution in [1.82, 2.24) is 4.90 Å². The van der Waals surface area contributed by atoms with Crippen LogP contribution in [0.3, 0.4) is 0 Å². The molecule has 1 aliphatic carbocycles. The van der Waals surface area contributed by atoms with Crippen LogP contribution in [0.5, 0.6) is 0 Å². The largest absolute Gasteiger partial charge is 0.370 e. The molecule has 0 radical (unpaired) electrons. The predicted molar refractivity (Wildman–Crippen MR) is 105 cm³/mol. The standard InChI is InChI=1S/C21H27ClN2O3/c22-12-20(25)23-17-7-3-6-15(10-17)19-11-16-13-24(9-8-18(16)27-19)21(26)14-4-1-2-5-14/h3,6-7,10,14,16,18-19H,1-2,4-5,8-9,11-13H2,(H,23,25)/t16-,18-,19-/m0/s1.